The van der Waals surface area contributed by atoms with E-state index in [0.29, 0.717) is 23.3 Å². The Morgan fingerprint density at radius 1 is 1.27 bits per heavy atom. The molecule has 0 aromatic heterocycles. The van der Waals surface area contributed by atoms with Crippen LogP contribution in [0.15, 0.2) is 4.90 Å². The van der Waals surface area contributed by atoms with Gasteiger partial charge in [0.1, 0.15) is 25.5 Å². The first-order valence-electron chi connectivity index (χ1n) is 10.6. The van der Waals surface area contributed by atoms with Crippen molar-refractivity contribution in [2.75, 3.05) is 0 Å². The normalized spacial score (nSPS) is 18.2. The molecule has 0 fully saturated rings. The molecule has 0 radical (unpaired) electrons. The summed E-state index contributed by atoms with van der Waals surface area (Å²) >= 11 is 0. The van der Waals surface area contributed by atoms with E-state index in [1.807, 2.05) is 40.4 Å². The van der Waals surface area contributed by atoms with Gasteiger partial charge in [0.05, 0.1) is 4.90 Å². The number of rotatable bonds is 5. The fourth-order valence-corrected chi connectivity index (χ4v) is 5.69. The van der Waals surface area contributed by atoms with Crippen molar-refractivity contribution in [3.8, 4) is 17.2 Å². The van der Waals surface area contributed by atoms with Gasteiger partial charge in [-0.1, -0.05) is 19.6 Å². The molecule has 2 N–H and O–H groups in total. The van der Waals surface area contributed by atoms with Crippen molar-refractivity contribution in [1.29, 1.82) is 0 Å². The van der Waals surface area contributed by atoms with Gasteiger partial charge in [-0.25, -0.2) is 8.42 Å². The smallest absolute Gasteiger partial charge is 0.322 e. The zero-order valence-electron chi connectivity index (χ0n) is 20.1. The molecule has 2 rings (SSSR count). The van der Waals surface area contributed by atoms with Crippen LogP contribution in [0, 0.1) is 32.2 Å². The second-order valence-corrected chi connectivity index (χ2v) is 15.9. The summed E-state index contributed by atoms with van der Waals surface area (Å²) in [5, 5.41) is 9.60. The van der Waals surface area contributed by atoms with Crippen molar-refractivity contribution in [2.24, 2.45) is 0 Å². The summed E-state index contributed by atoms with van der Waals surface area (Å²) < 4.78 is 43.2. The Morgan fingerprint density at radius 2 is 1.87 bits per heavy atom. The topological polar surface area (TPSA) is 92.7 Å². The largest absolute Gasteiger partial charge is 0.487 e. The first-order valence-corrected chi connectivity index (χ1v) is 15.0. The minimum absolute atomic E-state index is 0.0589. The molecule has 1 aliphatic rings. The average molecular weight is 453 g/mol. The number of fused-ring (bicyclic) bond motifs is 1. The van der Waals surface area contributed by atoms with Crippen LogP contribution in [-0.2, 0) is 21.2 Å². The van der Waals surface area contributed by atoms with Gasteiger partial charge in [0, 0.05) is 7.77 Å². The molecule has 0 amide bonds. The lowest BCUT2D eigenvalue weighted by Crippen LogP contribution is -2.41. The molecule has 30 heavy (non-hydrogen) atoms. The molecule has 166 valence electrons. The van der Waals surface area contributed by atoms with E-state index in [1.165, 1.54) is 0 Å². The van der Waals surface area contributed by atoms with Gasteiger partial charge in [-0.15, -0.1) is 11.5 Å². The molecule has 2 atom stereocenters. The molecule has 0 saturated carbocycles. The highest BCUT2D eigenvalue weighted by Crippen LogP contribution is 2.42. The first kappa shape index (κ1) is 22.9. The molecule has 8 heteroatoms. The van der Waals surface area contributed by atoms with Crippen LogP contribution in [0.2, 0.25) is 19.6 Å². The Balaban J connectivity index is 2.53. The van der Waals surface area contributed by atoms with Gasteiger partial charge >= 0.3 is 5.97 Å². The third-order valence-electron chi connectivity index (χ3n) is 5.18. The van der Waals surface area contributed by atoms with Gasteiger partial charge in [0.25, 0.3) is 0 Å². The molecule has 1 aromatic carbocycles. The fourth-order valence-electron chi connectivity index (χ4n) is 3.47. The van der Waals surface area contributed by atoms with Crippen LogP contribution in [-0.4, -0.2) is 39.2 Å². The molecule has 0 saturated heterocycles. The second-order valence-electron chi connectivity index (χ2n) is 9.50. The minimum Gasteiger partial charge on any atom is -0.487 e. The molecule has 0 spiro atoms. The van der Waals surface area contributed by atoms with Crippen molar-refractivity contribution in [2.45, 2.75) is 90.0 Å². The van der Waals surface area contributed by atoms with E-state index in [0.717, 1.165) is 17.5 Å². The molecule has 0 bridgehead atoms. The maximum absolute atomic E-state index is 13.3. The van der Waals surface area contributed by atoms with Crippen LogP contribution < -0.4 is 9.46 Å². The quantitative estimate of drug-likeness (QED) is 0.525. The number of sulfonamides is 1. The van der Waals surface area contributed by atoms with Gasteiger partial charge in [-0.3, -0.25) is 4.79 Å². The lowest BCUT2D eigenvalue weighted by atomic mass is 9.88. The van der Waals surface area contributed by atoms with Gasteiger partial charge in [0.15, 0.2) is 0 Å². The van der Waals surface area contributed by atoms with Crippen molar-refractivity contribution < 1.29 is 24.4 Å². The Kier molecular flexibility index (Phi) is 6.37. The first-order chi connectivity index (χ1) is 14.0. The number of benzene rings is 1. The number of nitrogens with one attached hydrogen (secondary N) is 1. The van der Waals surface area contributed by atoms with Crippen molar-refractivity contribution in [3.63, 3.8) is 0 Å². The lowest BCUT2D eigenvalue weighted by Gasteiger charge is -2.35. The predicted molar refractivity (Wildman–Crippen MR) is 121 cm³/mol. The van der Waals surface area contributed by atoms with Crippen LogP contribution in [0.3, 0.4) is 0 Å². The number of hydrogen-bond acceptors (Lipinski definition) is 4. The Hall–Kier alpha value is -1.82. The highest BCUT2D eigenvalue weighted by molar-refractivity contribution is 7.89. The molecule has 1 aromatic rings. The van der Waals surface area contributed by atoms with E-state index in [9.17, 15) is 18.3 Å². The third-order valence-corrected chi connectivity index (χ3v) is 7.79. The number of hydrogen-bond donors (Lipinski definition) is 2. The number of carbonyl (C=O) groups is 1. The van der Waals surface area contributed by atoms with Crippen molar-refractivity contribution >= 4 is 24.1 Å². The summed E-state index contributed by atoms with van der Waals surface area (Å²) in [5.41, 5.74) is 5.24. The average Bonchev–Trinajstić information content (AvgIpc) is 2.60. The molecule has 0 aliphatic carbocycles. The van der Waals surface area contributed by atoms with Crippen LogP contribution in [0.1, 0.15) is 50.3 Å². The van der Waals surface area contributed by atoms with E-state index >= 15 is 0 Å². The summed E-state index contributed by atoms with van der Waals surface area (Å²) in [5.74, 6) is 1.91. The molecular weight excluding hydrogens is 418 g/mol. The van der Waals surface area contributed by atoms with E-state index < -0.39 is 36.5 Å². The van der Waals surface area contributed by atoms with Gasteiger partial charge in [0.2, 0.25) is 10.0 Å². The predicted octanol–water partition coefficient (Wildman–Crippen LogP) is 3.72. The van der Waals surface area contributed by atoms with Crippen LogP contribution in [0.25, 0.3) is 0 Å². The number of ether oxygens (including phenoxy) is 1. The Bertz CT molecular complexity index is 1060. The number of carboxylic acids is 1. The fraction of sp³-hybridized carbons (Fsp3) is 0.591. The molecule has 6 nitrogen and oxygen atoms in total. The third kappa shape index (κ3) is 5.45. The van der Waals surface area contributed by atoms with Crippen molar-refractivity contribution in [3.05, 3.63) is 22.3 Å². The van der Waals surface area contributed by atoms with Gasteiger partial charge in [-0.05, 0) is 69.7 Å². The minimum atomic E-state index is -4.21. The summed E-state index contributed by atoms with van der Waals surface area (Å²) in [6, 6.07) is -1.67. The maximum atomic E-state index is 13.3. The van der Waals surface area contributed by atoms with Crippen molar-refractivity contribution in [1.82, 2.24) is 4.72 Å². The van der Waals surface area contributed by atoms with Gasteiger partial charge in [-0.2, -0.15) is 4.72 Å². The van der Waals surface area contributed by atoms with Crippen LogP contribution in [0.5, 0.6) is 5.75 Å². The highest BCUT2D eigenvalue weighted by atomic mass is 32.2. The molecular formula is C22H33NO5SSi. The van der Waals surface area contributed by atoms with Crippen LogP contribution in [0.4, 0.5) is 0 Å². The molecule has 1 heterocycles. The van der Waals surface area contributed by atoms with E-state index in [-0.39, 0.29) is 10.5 Å². The van der Waals surface area contributed by atoms with Crippen LogP contribution >= 0.6 is 0 Å². The van der Waals surface area contributed by atoms with E-state index in [2.05, 4.69) is 16.2 Å². The van der Waals surface area contributed by atoms with E-state index in [1.54, 1.807) is 13.8 Å². The summed E-state index contributed by atoms with van der Waals surface area (Å²) in [6.45, 7) is 15.1. The monoisotopic (exact) mass is 452 g/mol. The maximum Gasteiger partial charge on any atom is 0.322 e. The number of carboxylic acid groups (broad SMARTS) is 1. The molecule has 0 unspecified atom stereocenters. The highest BCUT2D eigenvalue weighted by Gasteiger charge is 2.34. The van der Waals surface area contributed by atoms with Gasteiger partial charge < -0.3 is 9.84 Å². The second kappa shape index (κ2) is 8.37. The molecule has 1 aliphatic heterocycles. The standard InChI is InChI=1S/C22H33NO5SSi/c1-14-15(2)20(16(3)17-11-12-22(4,5)28-19(14)17)29(26,27)23-18(21(24)25)10-9-13-30(6,7)8/h18,23H,10-12H2,1-8H3,(H,24,25)/t18-/m1/s1/i10D/t10-,18-. The lowest BCUT2D eigenvalue weighted by molar-refractivity contribution is -0.138. The summed E-state index contributed by atoms with van der Waals surface area (Å²) in [4.78, 5) is 11.9. The summed E-state index contributed by atoms with van der Waals surface area (Å²) in [6.07, 6.45) is 0.000307. The Morgan fingerprint density at radius 3 is 2.40 bits per heavy atom. The van der Waals surface area contributed by atoms with E-state index in [4.69, 9.17) is 6.11 Å². The Labute approximate surface area is 182 Å². The number of aliphatic carboxylic acids is 1. The zero-order chi connectivity index (χ0) is 23.9. The zero-order valence-corrected chi connectivity index (χ0v) is 20.9. The summed E-state index contributed by atoms with van der Waals surface area (Å²) in [7, 11) is -6.05. The SMILES string of the molecule is [2H][C@H](C#C[Si](C)(C)C)[C@@H](NS(=O)(=O)c1c(C)c(C)c2c(c1C)CCC(C)(C)O2)C(=O)O.